The van der Waals surface area contributed by atoms with E-state index < -0.39 is 0 Å². The highest BCUT2D eigenvalue weighted by molar-refractivity contribution is 5.41. The maximum absolute atomic E-state index is 4.66. The summed E-state index contributed by atoms with van der Waals surface area (Å²) < 4.78 is 1.89. The minimum atomic E-state index is 0.430. The average molecular weight is 258 g/mol. The van der Waals surface area contributed by atoms with Gasteiger partial charge in [-0.1, -0.05) is 13.8 Å². The first-order valence-corrected chi connectivity index (χ1v) is 6.70. The Bertz CT molecular complexity index is 570. The Morgan fingerprint density at radius 3 is 2.63 bits per heavy atom. The second-order valence-electron chi connectivity index (χ2n) is 5.25. The van der Waals surface area contributed by atoms with Gasteiger partial charge >= 0.3 is 0 Å². The lowest BCUT2D eigenvalue weighted by atomic mass is 10.1. The van der Waals surface area contributed by atoms with Gasteiger partial charge < -0.3 is 5.32 Å². The molecule has 0 spiro atoms. The Labute approximate surface area is 114 Å². The molecule has 0 saturated carbocycles. The highest BCUT2D eigenvalue weighted by atomic mass is 15.3. The first-order valence-electron chi connectivity index (χ1n) is 6.70. The van der Waals surface area contributed by atoms with Crippen LogP contribution in [0.5, 0.6) is 0 Å². The van der Waals surface area contributed by atoms with Gasteiger partial charge in [-0.2, -0.15) is 5.10 Å². The summed E-state index contributed by atoms with van der Waals surface area (Å²) in [5.41, 5.74) is 4.57. The minimum Gasteiger partial charge on any atom is -0.316 e. The third-order valence-corrected chi connectivity index (χ3v) is 3.23. The summed E-state index contributed by atoms with van der Waals surface area (Å²) >= 11 is 0. The molecule has 0 fully saturated rings. The van der Waals surface area contributed by atoms with Crippen LogP contribution in [0.2, 0.25) is 0 Å². The first-order chi connectivity index (χ1) is 9.02. The van der Waals surface area contributed by atoms with Gasteiger partial charge in [-0.3, -0.25) is 0 Å². The molecule has 2 aromatic heterocycles. The molecule has 0 unspecified atom stereocenters. The Morgan fingerprint density at radius 2 is 2.05 bits per heavy atom. The predicted molar refractivity (Wildman–Crippen MR) is 77.7 cm³/mol. The van der Waals surface area contributed by atoms with E-state index in [4.69, 9.17) is 0 Å². The Morgan fingerprint density at radius 1 is 1.32 bits per heavy atom. The monoisotopic (exact) mass is 258 g/mol. The molecule has 19 heavy (non-hydrogen) atoms. The lowest BCUT2D eigenvalue weighted by molar-refractivity contribution is 0.731. The Balaban J connectivity index is 2.52. The van der Waals surface area contributed by atoms with Crippen molar-refractivity contribution < 1.29 is 0 Å². The molecule has 0 amide bonds. The van der Waals surface area contributed by atoms with Crippen LogP contribution in [0, 0.1) is 13.8 Å². The second kappa shape index (κ2) is 5.53. The third kappa shape index (κ3) is 2.84. The fourth-order valence-electron chi connectivity index (χ4n) is 2.19. The van der Waals surface area contributed by atoms with Crippen LogP contribution in [-0.2, 0) is 6.54 Å². The van der Waals surface area contributed by atoms with Gasteiger partial charge in [-0.15, -0.1) is 0 Å². The van der Waals surface area contributed by atoms with Gasteiger partial charge in [-0.05, 0) is 44.5 Å². The van der Waals surface area contributed by atoms with Crippen LogP contribution < -0.4 is 5.32 Å². The van der Waals surface area contributed by atoms with Crippen molar-refractivity contribution in [2.24, 2.45) is 0 Å². The maximum Gasteiger partial charge on any atom is 0.158 e. The minimum absolute atomic E-state index is 0.430. The topological polar surface area (TPSA) is 42.7 Å². The number of hydrogen-bond acceptors (Lipinski definition) is 3. The quantitative estimate of drug-likeness (QED) is 0.917. The molecular formula is C15H22N4. The first kappa shape index (κ1) is 13.7. The summed E-state index contributed by atoms with van der Waals surface area (Å²) in [7, 11) is 1.95. The van der Waals surface area contributed by atoms with Gasteiger partial charge in [0.05, 0.1) is 5.69 Å². The molecule has 4 nitrogen and oxygen atoms in total. The van der Waals surface area contributed by atoms with Crippen LogP contribution in [-0.4, -0.2) is 21.8 Å². The zero-order valence-electron chi connectivity index (χ0n) is 12.4. The van der Waals surface area contributed by atoms with Crippen molar-refractivity contribution in [2.75, 3.05) is 7.05 Å². The standard InChI is InChI=1S/C15H22N4/c1-10(2)14-6-7-19(18-14)15-13(9-16-5)11(3)8-12(4)17-15/h6-8,10,16H,9H2,1-5H3. The summed E-state index contributed by atoms with van der Waals surface area (Å²) in [5, 5.41) is 7.83. The summed E-state index contributed by atoms with van der Waals surface area (Å²) in [6, 6.07) is 4.18. The second-order valence-corrected chi connectivity index (χ2v) is 5.25. The fourth-order valence-corrected chi connectivity index (χ4v) is 2.19. The molecule has 0 aromatic carbocycles. The van der Waals surface area contributed by atoms with Crippen molar-refractivity contribution in [2.45, 2.75) is 40.2 Å². The number of aryl methyl sites for hydroxylation is 2. The molecule has 4 heteroatoms. The molecule has 1 N–H and O–H groups in total. The molecule has 0 radical (unpaired) electrons. The molecular weight excluding hydrogens is 236 g/mol. The van der Waals surface area contributed by atoms with Crippen LogP contribution in [0.4, 0.5) is 0 Å². The van der Waals surface area contributed by atoms with Gasteiger partial charge in [0, 0.05) is 24.0 Å². The van der Waals surface area contributed by atoms with Gasteiger partial charge in [0.15, 0.2) is 5.82 Å². The summed E-state index contributed by atoms with van der Waals surface area (Å²) in [6.07, 6.45) is 2.00. The van der Waals surface area contributed by atoms with Gasteiger partial charge in [0.1, 0.15) is 0 Å². The third-order valence-electron chi connectivity index (χ3n) is 3.23. The number of nitrogens with one attached hydrogen (secondary N) is 1. The number of rotatable bonds is 4. The number of nitrogens with zero attached hydrogens (tertiary/aromatic N) is 3. The molecule has 102 valence electrons. The van der Waals surface area contributed by atoms with E-state index in [1.54, 1.807) is 0 Å². The average Bonchev–Trinajstić information content (AvgIpc) is 2.81. The molecule has 2 heterocycles. The van der Waals surface area contributed by atoms with E-state index in [1.165, 1.54) is 11.1 Å². The van der Waals surface area contributed by atoms with E-state index in [2.05, 4.69) is 48.3 Å². The van der Waals surface area contributed by atoms with Crippen molar-refractivity contribution in [1.29, 1.82) is 0 Å². The number of pyridine rings is 1. The number of hydrogen-bond donors (Lipinski definition) is 1. The SMILES string of the molecule is CNCc1c(C)cc(C)nc1-n1ccc(C(C)C)n1. The molecule has 0 saturated heterocycles. The molecule has 2 rings (SSSR count). The zero-order valence-corrected chi connectivity index (χ0v) is 12.4. The van der Waals surface area contributed by atoms with Gasteiger partial charge in [0.2, 0.25) is 0 Å². The van der Waals surface area contributed by atoms with Crippen LogP contribution in [0.3, 0.4) is 0 Å². The van der Waals surface area contributed by atoms with E-state index in [1.807, 2.05) is 24.9 Å². The highest BCUT2D eigenvalue weighted by Crippen LogP contribution is 2.19. The Hall–Kier alpha value is -1.68. The van der Waals surface area contributed by atoms with Crippen molar-refractivity contribution >= 4 is 0 Å². The van der Waals surface area contributed by atoms with E-state index in [0.717, 1.165) is 23.8 Å². The molecule has 0 aliphatic heterocycles. The van der Waals surface area contributed by atoms with E-state index in [-0.39, 0.29) is 0 Å². The molecule has 0 aliphatic rings. The normalized spacial score (nSPS) is 11.3. The van der Waals surface area contributed by atoms with Crippen LogP contribution in [0.1, 0.15) is 42.3 Å². The lowest BCUT2D eigenvalue weighted by Crippen LogP contribution is -2.13. The van der Waals surface area contributed by atoms with Gasteiger partial charge in [-0.25, -0.2) is 9.67 Å². The largest absolute Gasteiger partial charge is 0.316 e. The highest BCUT2D eigenvalue weighted by Gasteiger charge is 2.12. The Kier molecular flexibility index (Phi) is 4.00. The fraction of sp³-hybridized carbons (Fsp3) is 0.467. The molecule has 0 aliphatic carbocycles. The maximum atomic E-state index is 4.66. The van der Waals surface area contributed by atoms with Crippen molar-refractivity contribution in [3.05, 3.63) is 40.8 Å². The van der Waals surface area contributed by atoms with E-state index in [0.29, 0.717) is 5.92 Å². The predicted octanol–water partition coefficient (Wildman–Crippen LogP) is 2.73. The molecule has 0 bridgehead atoms. The summed E-state index contributed by atoms with van der Waals surface area (Å²) in [4.78, 5) is 4.66. The van der Waals surface area contributed by atoms with E-state index in [9.17, 15) is 0 Å². The lowest BCUT2D eigenvalue weighted by Gasteiger charge is -2.13. The molecule has 0 atom stereocenters. The van der Waals surface area contributed by atoms with Crippen LogP contribution >= 0.6 is 0 Å². The van der Waals surface area contributed by atoms with Crippen LogP contribution in [0.15, 0.2) is 18.3 Å². The van der Waals surface area contributed by atoms with E-state index >= 15 is 0 Å². The van der Waals surface area contributed by atoms with Crippen LogP contribution in [0.25, 0.3) is 5.82 Å². The zero-order chi connectivity index (χ0) is 14.0. The smallest absolute Gasteiger partial charge is 0.158 e. The summed E-state index contributed by atoms with van der Waals surface area (Å²) in [6.45, 7) is 9.24. The van der Waals surface area contributed by atoms with Crippen molar-refractivity contribution in [3.8, 4) is 5.82 Å². The van der Waals surface area contributed by atoms with Gasteiger partial charge in [0.25, 0.3) is 0 Å². The van der Waals surface area contributed by atoms with Crippen molar-refractivity contribution in [1.82, 2.24) is 20.1 Å². The molecule has 2 aromatic rings. The summed E-state index contributed by atoms with van der Waals surface area (Å²) in [5.74, 6) is 1.36. The van der Waals surface area contributed by atoms with Crippen molar-refractivity contribution in [3.63, 3.8) is 0 Å². The number of aromatic nitrogens is 3.